The quantitative estimate of drug-likeness (QED) is 0.779. The molecule has 2 heteroatoms. The van der Waals surface area contributed by atoms with Gasteiger partial charge in [0, 0.05) is 5.56 Å². The molecule has 2 aromatic carbocycles. The van der Waals surface area contributed by atoms with Crippen LogP contribution in [0.3, 0.4) is 0 Å². The highest BCUT2D eigenvalue weighted by Gasteiger charge is 2.22. The van der Waals surface area contributed by atoms with Crippen LogP contribution < -0.4 is 0 Å². The lowest BCUT2D eigenvalue weighted by atomic mass is 9.90. The Balaban J connectivity index is 2.33. The number of Topliss-reactive ketones (excluding diaryl/α,β-unsaturated/α-hetero) is 1. The highest BCUT2D eigenvalue weighted by molar-refractivity contribution is 6.02. The van der Waals surface area contributed by atoms with Gasteiger partial charge in [-0.3, -0.25) is 4.79 Å². The first-order valence-corrected chi connectivity index (χ1v) is 7.16. The fraction of sp³-hybridized carbons (Fsp3) is 0.263. The van der Waals surface area contributed by atoms with E-state index in [2.05, 4.69) is 13.0 Å². The van der Waals surface area contributed by atoms with Crippen molar-refractivity contribution in [1.82, 2.24) is 0 Å². The summed E-state index contributed by atoms with van der Waals surface area (Å²) in [6.45, 7) is 6.09. The molecule has 0 aromatic heterocycles. The van der Waals surface area contributed by atoms with Gasteiger partial charge in [-0.2, -0.15) is 5.26 Å². The number of benzene rings is 2. The molecule has 0 amide bonds. The van der Waals surface area contributed by atoms with Crippen molar-refractivity contribution in [3.8, 4) is 6.07 Å². The van der Waals surface area contributed by atoms with Crippen molar-refractivity contribution in [2.24, 2.45) is 0 Å². The fourth-order valence-electron chi connectivity index (χ4n) is 2.30. The van der Waals surface area contributed by atoms with Crippen LogP contribution in [0.25, 0.3) is 0 Å². The zero-order valence-electron chi connectivity index (χ0n) is 12.7. The third-order valence-corrected chi connectivity index (χ3v) is 3.90. The van der Waals surface area contributed by atoms with E-state index in [-0.39, 0.29) is 5.78 Å². The van der Waals surface area contributed by atoms with Crippen molar-refractivity contribution in [1.29, 1.82) is 5.26 Å². The second-order valence-electron chi connectivity index (χ2n) is 5.32. The molecule has 0 aliphatic rings. The van der Waals surface area contributed by atoms with Crippen LogP contribution in [0.4, 0.5) is 0 Å². The summed E-state index contributed by atoms with van der Waals surface area (Å²) in [4.78, 5) is 12.5. The standard InChI is InChI=1S/C19H19NO/c1-4-15-6-9-16(10-7-15)19(21)18(12-20)17-8-5-13(2)14(3)11-17/h5-11,18H,4H2,1-3H3. The summed E-state index contributed by atoms with van der Waals surface area (Å²) in [6.07, 6.45) is 0.938. The van der Waals surface area contributed by atoms with Crippen LogP contribution in [0.1, 0.15) is 45.5 Å². The molecule has 0 aliphatic carbocycles. The van der Waals surface area contributed by atoms with Gasteiger partial charge in [-0.25, -0.2) is 0 Å². The van der Waals surface area contributed by atoms with Crippen LogP contribution in [0.15, 0.2) is 42.5 Å². The van der Waals surface area contributed by atoms with E-state index in [1.54, 1.807) is 0 Å². The van der Waals surface area contributed by atoms with E-state index in [0.717, 1.165) is 23.1 Å². The molecule has 0 saturated heterocycles. The Morgan fingerprint density at radius 1 is 1.10 bits per heavy atom. The van der Waals surface area contributed by atoms with Crippen molar-refractivity contribution >= 4 is 5.78 Å². The smallest absolute Gasteiger partial charge is 0.184 e. The zero-order chi connectivity index (χ0) is 15.4. The maximum Gasteiger partial charge on any atom is 0.184 e. The monoisotopic (exact) mass is 277 g/mol. The zero-order valence-corrected chi connectivity index (χ0v) is 12.7. The van der Waals surface area contributed by atoms with Crippen LogP contribution in [0, 0.1) is 25.2 Å². The average Bonchev–Trinajstić information content (AvgIpc) is 2.51. The number of nitrogens with zero attached hydrogens (tertiary/aromatic N) is 1. The summed E-state index contributed by atoms with van der Waals surface area (Å²) >= 11 is 0. The summed E-state index contributed by atoms with van der Waals surface area (Å²) < 4.78 is 0. The van der Waals surface area contributed by atoms with Gasteiger partial charge in [0.15, 0.2) is 5.78 Å². The molecule has 0 radical (unpaired) electrons. The number of hydrogen-bond donors (Lipinski definition) is 0. The predicted octanol–water partition coefficient (Wildman–Crippen LogP) is 4.36. The van der Waals surface area contributed by atoms with E-state index in [4.69, 9.17) is 0 Å². The van der Waals surface area contributed by atoms with Gasteiger partial charge >= 0.3 is 0 Å². The number of carbonyl (C=O) groups is 1. The molecular formula is C19H19NO. The first-order chi connectivity index (χ1) is 10.1. The topological polar surface area (TPSA) is 40.9 Å². The molecule has 0 spiro atoms. The molecule has 0 N–H and O–H groups in total. The second-order valence-corrected chi connectivity index (χ2v) is 5.32. The summed E-state index contributed by atoms with van der Waals surface area (Å²) in [7, 11) is 0. The normalized spacial score (nSPS) is 11.7. The van der Waals surface area contributed by atoms with Crippen molar-refractivity contribution in [3.05, 3.63) is 70.3 Å². The lowest BCUT2D eigenvalue weighted by molar-refractivity contribution is 0.0979. The molecule has 0 bridgehead atoms. The van der Waals surface area contributed by atoms with Gasteiger partial charge in [0.05, 0.1) is 6.07 Å². The highest BCUT2D eigenvalue weighted by Crippen LogP contribution is 2.23. The molecule has 2 aromatic rings. The molecule has 2 nitrogen and oxygen atoms in total. The van der Waals surface area contributed by atoms with E-state index < -0.39 is 5.92 Å². The number of carbonyl (C=O) groups excluding carboxylic acids is 1. The molecule has 0 saturated carbocycles. The van der Waals surface area contributed by atoms with Gasteiger partial charge in [-0.15, -0.1) is 0 Å². The summed E-state index contributed by atoms with van der Waals surface area (Å²) in [6, 6.07) is 15.4. The van der Waals surface area contributed by atoms with Gasteiger partial charge in [0.2, 0.25) is 0 Å². The van der Waals surface area contributed by atoms with E-state index in [9.17, 15) is 10.1 Å². The van der Waals surface area contributed by atoms with E-state index in [0.29, 0.717) is 5.56 Å². The SMILES string of the molecule is CCc1ccc(C(=O)C(C#N)c2ccc(C)c(C)c2)cc1. The van der Waals surface area contributed by atoms with E-state index >= 15 is 0 Å². The molecule has 106 valence electrons. The van der Waals surface area contributed by atoms with Gasteiger partial charge in [0.1, 0.15) is 5.92 Å². The van der Waals surface area contributed by atoms with Gasteiger partial charge in [0.25, 0.3) is 0 Å². The van der Waals surface area contributed by atoms with Crippen LogP contribution in [0.2, 0.25) is 0 Å². The molecule has 0 fully saturated rings. The predicted molar refractivity (Wildman–Crippen MR) is 84.4 cm³/mol. The summed E-state index contributed by atoms with van der Waals surface area (Å²) in [5, 5.41) is 9.40. The largest absolute Gasteiger partial charge is 0.292 e. The molecule has 21 heavy (non-hydrogen) atoms. The average molecular weight is 277 g/mol. The van der Waals surface area contributed by atoms with Crippen molar-refractivity contribution in [2.45, 2.75) is 33.1 Å². The molecule has 2 rings (SSSR count). The Morgan fingerprint density at radius 2 is 1.76 bits per heavy atom. The first-order valence-electron chi connectivity index (χ1n) is 7.16. The van der Waals surface area contributed by atoms with E-state index in [1.807, 2.05) is 56.3 Å². The van der Waals surface area contributed by atoms with Crippen molar-refractivity contribution in [2.75, 3.05) is 0 Å². The fourth-order valence-corrected chi connectivity index (χ4v) is 2.30. The Hall–Kier alpha value is -2.40. The van der Waals surface area contributed by atoms with Crippen LogP contribution in [0.5, 0.6) is 0 Å². The van der Waals surface area contributed by atoms with Crippen molar-refractivity contribution in [3.63, 3.8) is 0 Å². The Morgan fingerprint density at radius 3 is 2.29 bits per heavy atom. The number of aryl methyl sites for hydroxylation is 3. The lowest BCUT2D eigenvalue weighted by Gasteiger charge is -2.11. The minimum atomic E-state index is -0.739. The Bertz CT molecular complexity index is 692. The third-order valence-electron chi connectivity index (χ3n) is 3.90. The number of hydrogen-bond acceptors (Lipinski definition) is 2. The Kier molecular flexibility index (Phi) is 4.55. The van der Waals surface area contributed by atoms with Crippen LogP contribution >= 0.6 is 0 Å². The number of nitriles is 1. The number of rotatable bonds is 4. The number of ketones is 1. The minimum absolute atomic E-state index is 0.136. The molecule has 0 heterocycles. The summed E-state index contributed by atoms with van der Waals surface area (Å²) in [5.74, 6) is -0.875. The molecular weight excluding hydrogens is 258 g/mol. The van der Waals surface area contributed by atoms with Crippen LogP contribution in [-0.4, -0.2) is 5.78 Å². The Labute approximate surface area is 126 Å². The lowest BCUT2D eigenvalue weighted by Crippen LogP contribution is -2.11. The van der Waals surface area contributed by atoms with Crippen molar-refractivity contribution < 1.29 is 4.79 Å². The maximum atomic E-state index is 12.5. The summed E-state index contributed by atoms with van der Waals surface area (Å²) in [5.41, 5.74) is 4.81. The second kappa shape index (κ2) is 6.37. The molecule has 1 unspecified atom stereocenters. The van der Waals surface area contributed by atoms with Gasteiger partial charge < -0.3 is 0 Å². The van der Waals surface area contributed by atoms with E-state index in [1.165, 1.54) is 5.56 Å². The van der Waals surface area contributed by atoms with Crippen LogP contribution in [-0.2, 0) is 6.42 Å². The molecule has 1 atom stereocenters. The molecule has 0 aliphatic heterocycles. The minimum Gasteiger partial charge on any atom is -0.292 e. The first kappa shape index (κ1) is 15.0. The maximum absolute atomic E-state index is 12.5. The van der Waals surface area contributed by atoms with Gasteiger partial charge in [-0.05, 0) is 42.5 Å². The third kappa shape index (κ3) is 3.20. The van der Waals surface area contributed by atoms with Gasteiger partial charge in [-0.1, -0.05) is 49.4 Å². The highest BCUT2D eigenvalue weighted by atomic mass is 16.1.